The smallest absolute Gasteiger partial charge is 0.326 e. The number of benzene rings is 2. The third-order valence-electron chi connectivity index (χ3n) is 15.7. The molecule has 0 radical (unpaired) electrons. The second kappa shape index (κ2) is 44.0. The number of aliphatic imine (C=N–C) groups is 1. The van der Waals surface area contributed by atoms with Gasteiger partial charge in [-0.3, -0.25) is 52.9 Å². The van der Waals surface area contributed by atoms with Crippen LogP contribution in [0.2, 0.25) is 0 Å². The monoisotopic (exact) mass is 1330 g/mol. The highest BCUT2D eigenvalue weighted by atomic mass is 16.4. The summed E-state index contributed by atoms with van der Waals surface area (Å²) in [6.45, 7) is 6.13. The molecule has 528 valence electrons. The van der Waals surface area contributed by atoms with Crippen LogP contribution in [0, 0.1) is 5.92 Å². The molecule has 2 aromatic carbocycles. The van der Waals surface area contributed by atoms with Crippen LogP contribution in [0.4, 0.5) is 0 Å². The fourth-order valence-corrected chi connectivity index (χ4v) is 10.3. The molecule has 3 aromatic rings. The first-order valence-electron chi connectivity index (χ1n) is 32.8. The van der Waals surface area contributed by atoms with Crippen LogP contribution in [0.1, 0.15) is 141 Å². The summed E-state index contributed by atoms with van der Waals surface area (Å²) in [5.41, 5.74) is 47.9. The summed E-state index contributed by atoms with van der Waals surface area (Å²) in [5, 5.41) is 34.7. The van der Waals surface area contributed by atoms with Crippen LogP contribution in [-0.2, 0) is 65.6 Å². The Labute approximate surface area is 555 Å². The van der Waals surface area contributed by atoms with Crippen molar-refractivity contribution in [2.45, 2.75) is 203 Å². The highest BCUT2D eigenvalue weighted by Gasteiger charge is 2.36. The van der Waals surface area contributed by atoms with Gasteiger partial charge in [0.15, 0.2) is 5.96 Å². The summed E-state index contributed by atoms with van der Waals surface area (Å²) >= 11 is 0. The number of carbonyl (C=O) groups excluding carboxylic acids is 10. The summed E-state index contributed by atoms with van der Waals surface area (Å²) < 4.78 is 0. The van der Waals surface area contributed by atoms with Gasteiger partial charge in [0.25, 0.3) is 0 Å². The van der Waals surface area contributed by atoms with Crippen molar-refractivity contribution in [2.24, 2.45) is 56.8 Å². The van der Waals surface area contributed by atoms with Crippen molar-refractivity contribution in [2.75, 3.05) is 32.7 Å². The molecule has 0 saturated heterocycles. The highest BCUT2D eigenvalue weighted by Crippen LogP contribution is 2.20. The molecule has 0 spiro atoms. The Morgan fingerprint density at radius 3 is 1.38 bits per heavy atom. The number of H-pyrrole nitrogens is 1. The van der Waals surface area contributed by atoms with Gasteiger partial charge in [0.1, 0.15) is 54.4 Å². The predicted molar refractivity (Wildman–Crippen MR) is 360 cm³/mol. The van der Waals surface area contributed by atoms with E-state index in [1.165, 1.54) is 6.92 Å². The first kappa shape index (κ1) is 80.5. The minimum absolute atomic E-state index is 0.00447. The van der Waals surface area contributed by atoms with E-state index in [9.17, 15) is 57.8 Å². The lowest BCUT2D eigenvalue weighted by Crippen LogP contribution is -2.60. The van der Waals surface area contributed by atoms with Crippen molar-refractivity contribution in [1.29, 1.82) is 0 Å². The fourth-order valence-electron chi connectivity index (χ4n) is 10.3. The quantitative estimate of drug-likeness (QED) is 0.0160. The number of nitrogens with two attached hydrogens (primary N) is 8. The zero-order valence-electron chi connectivity index (χ0n) is 55.1. The van der Waals surface area contributed by atoms with Crippen molar-refractivity contribution in [3.05, 3.63) is 71.9 Å². The standard InChI is InChI=1S/C64H105N19O12/c1-38(2)34-50(60(91)80-49(63(94)95)25-12-16-32-68)82-61(92)51(35-40-18-5-4-6-19-40)83-58(89)47(26-17-33-73-64(71)72)78-57(88)46(24-11-15-31-67)77-59(90)48(27-28-53(70)84)76-54(85)39(3)75-56(87)45(23-10-14-30-66)79-62(93)52(81-55(86)43(69)21-9-13-29-65)36-41-37-74-44-22-8-7-20-42(41)44/h4-8,18-20,22,37-39,43,45-52,74H,9-17,21,23-36,65-69H2,1-3H3,(H2,70,84)(H,75,87)(H,76,85)(H,77,90)(H,78,88)(H,79,93)(H,80,91)(H,81,86)(H,82,92)(H,83,89)(H,94,95)(H4,71,72,73)/t39-,43-,45-,46-,47-,48-,49-,50-,51-,52-/m0/s1. The zero-order chi connectivity index (χ0) is 70.4. The Balaban J connectivity index is 1.94. The zero-order valence-corrected chi connectivity index (χ0v) is 55.1. The van der Waals surface area contributed by atoms with Crippen LogP contribution < -0.4 is 93.7 Å². The number of aromatic amines is 1. The molecule has 31 nitrogen and oxygen atoms in total. The van der Waals surface area contributed by atoms with Crippen molar-refractivity contribution < 1.29 is 57.8 Å². The van der Waals surface area contributed by atoms with Crippen LogP contribution in [0.3, 0.4) is 0 Å². The molecular formula is C64H105N19O12. The van der Waals surface area contributed by atoms with Crippen LogP contribution in [0.5, 0.6) is 0 Å². The number of carboxylic acid groups (broad SMARTS) is 1. The number of aliphatic carboxylic acids is 1. The van der Waals surface area contributed by atoms with Gasteiger partial charge >= 0.3 is 5.97 Å². The number of guanidine groups is 1. The maximum atomic E-state index is 14.6. The summed E-state index contributed by atoms with van der Waals surface area (Å²) in [7, 11) is 0. The number of fused-ring (bicyclic) bond motifs is 1. The van der Waals surface area contributed by atoms with Crippen molar-refractivity contribution >= 4 is 81.9 Å². The molecule has 10 amide bonds. The van der Waals surface area contributed by atoms with Gasteiger partial charge in [0.2, 0.25) is 59.1 Å². The number of amides is 10. The van der Waals surface area contributed by atoms with Crippen molar-refractivity contribution in [3.8, 4) is 0 Å². The molecule has 27 N–H and O–H groups in total. The van der Waals surface area contributed by atoms with Crippen LogP contribution in [0.25, 0.3) is 10.9 Å². The lowest BCUT2D eigenvalue weighted by molar-refractivity contribution is -0.142. The largest absolute Gasteiger partial charge is 0.480 e. The predicted octanol–water partition coefficient (Wildman–Crippen LogP) is -2.37. The van der Waals surface area contributed by atoms with Gasteiger partial charge in [-0.1, -0.05) is 68.8 Å². The van der Waals surface area contributed by atoms with Gasteiger partial charge in [-0.25, -0.2) is 4.79 Å². The summed E-state index contributed by atoms with van der Waals surface area (Å²) in [5.74, 6) is -9.82. The van der Waals surface area contributed by atoms with E-state index in [4.69, 9.17) is 45.9 Å². The first-order valence-corrected chi connectivity index (χ1v) is 32.8. The Hall–Kier alpha value is -8.78. The summed E-state index contributed by atoms with van der Waals surface area (Å²) in [4.78, 5) is 160. The fraction of sp³-hybridized carbons (Fsp3) is 0.594. The van der Waals surface area contributed by atoms with Crippen molar-refractivity contribution in [3.63, 3.8) is 0 Å². The number of primary amides is 1. The minimum Gasteiger partial charge on any atom is -0.480 e. The van der Waals surface area contributed by atoms with Crippen LogP contribution in [-0.4, -0.2) is 174 Å². The number of carbonyl (C=O) groups is 11. The molecular weight excluding hydrogens is 1230 g/mol. The van der Waals surface area contributed by atoms with Gasteiger partial charge in [-0.2, -0.15) is 0 Å². The molecule has 1 heterocycles. The number of hydrogen-bond donors (Lipinski definition) is 19. The van der Waals surface area contributed by atoms with E-state index in [0.29, 0.717) is 75.6 Å². The molecule has 0 aliphatic heterocycles. The van der Waals surface area contributed by atoms with Gasteiger partial charge in [0, 0.05) is 42.9 Å². The molecule has 0 fully saturated rings. The normalized spacial score (nSPS) is 14.4. The molecule has 0 unspecified atom stereocenters. The van der Waals surface area contributed by atoms with Crippen LogP contribution >= 0.6 is 0 Å². The average Bonchev–Trinajstić information content (AvgIpc) is 1.70. The maximum absolute atomic E-state index is 14.6. The summed E-state index contributed by atoms with van der Waals surface area (Å²) in [6.07, 6.45) is 4.91. The van der Waals surface area contributed by atoms with E-state index in [0.717, 1.165) is 10.9 Å². The van der Waals surface area contributed by atoms with Crippen molar-refractivity contribution in [1.82, 2.24) is 52.8 Å². The average molecular weight is 1330 g/mol. The first-order chi connectivity index (χ1) is 45.3. The second-order valence-electron chi connectivity index (χ2n) is 24.1. The number of hydrogen-bond acceptors (Lipinski definition) is 17. The lowest BCUT2D eigenvalue weighted by Gasteiger charge is -2.28. The van der Waals surface area contributed by atoms with Gasteiger partial charge in [-0.15, -0.1) is 0 Å². The molecule has 0 saturated carbocycles. The molecule has 0 aliphatic carbocycles. The van der Waals surface area contributed by atoms with E-state index in [-0.39, 0.29) is 95.7 Å². The van der Waals surface area contributed by atoms with E-state index >= 15 is 0 Å². The number of aromatic nitrogens is 1. The van der Waals surface area contributed by atoms with Gasteiger partial charge < -0.3 is 104 Å². The molecule has 0 bridgehead atoms. The molecule has 10 atom stereocenters. The third-order valence-corrected chi connectivity index (χ3v) is 15.7. The molecule has 31 heteroatoms. The number of nitrogens with zero attached hydrogens (tertiary/aromatic N) is 1. The number of nitrogens with one attached hydrogen (secondary N) is 10. The lowest BCUT2D eigenvalue weighted by atomic mass is 10.00. The molecule has 95 heavy (non-hydrogen) atoms. The Bertz CT molecular complexity index is 2960. The Morgan fingerprint density at radius 1 is 0.453 bits per heavy atom. The topological polar surface area (TPSA) is 553 Å². The summed E-state index contributed by atoms with van der Waals surface area (Å²) in [6, 6.07) is 2.82. The number of para-hydroxylation sites is 1. The Morgan fingerprint density at radius 2 is 0.863 bits per heavy atom. The third kappa shape index (κ3) is 30.5. The molecule has 1 aromatic heterocycles. The van der Waals surface area contributed by atoms with E-state index < -0.39 is 132 Å². The second-order valence-corrected chi connectivity index (χ2v) is 24.1. The van der Waals surface area contributed by atoms with E-state index in [1.807, 2.05) is 24.3 Å². The Kier molecular flexibility index (Phi) is 37.3. The SMILES string of the molecule is CC(C)C[C@H](NC(=O)[C@H](Cc1ccccc1)NC(=O)[C@H](CCCN=C(N)N)NC(=O)[C@H](CCCCN)NC(=O)[C@H](CCC(N)=O)NC(=O)[C@H](C)NC(=O)[C@H](CCCCN)NC(=O)[C@H](Cc1c[nH]c2ccccc12)NC(=O)[C@@H](N)CCCCN)C(=O)N[C@@H](CCCCN)C(=O)O. The van der Waals surface area contributed by atoms with E-state index in [2.05, 4.69) is 57.8 Å². The number of rotatable bonds is 48. The van der Waals surface area contributed by atoms with Gasteiger partial charge in [-0.05, 0) is 153 Å². The number of unbranched alkanes of at least 4 members (excludes halogenated alkanes) is 4. The maximum Gasteiger partial charge on any atom is 0.326 e. The molecule has 3 rings (SSSR count). The highest BCUT2D eigenvalue weighted by molar-refractivity contribution is 5.99. The van der Waals surface area contributed by atoms with Crippen LogP contribution in [0.15, 0.2) is 65.8 Å². The molecule has 0 aliphatic rings. The number of carboxylic acids is 1. The van der Waals surface area contributed by atoms with E-state index in [1.54, 1.807) is 50.4 Å². The van der Waals surface area contributed by atoms with Gasteiger partial charge in [0.05, 0.1) is 6.04 Å². The minimum atomic E-state index is -1.56.